The molecule has 0 saturated carbocycles. The lowest BCUT2D eigenvalue weighted by atomic mass is 10.4. The molecule has 0 atom stereocenters. The van der Waals surface area contributed by atoms with Gasteiger partial charge in [0.2, 0.25) is 6.41 Å². The molecule has 4 nitrogen and oxygen atoms in total. The maximum Gasteiger partial charge on any atom is 0.249 e. The minimum atomic E-state index is 0.408. The zero-order chi connectivity index (χ0) is 6.69. The highest BCUT2D eigenvalue weighted by Gasteiger charge is 2.15. The molecule has 9 heavy (non-hydrogen) atoms. The number of hydrogen-bond acceptors (Lipinski definition) is 3. The number of nitrogens with zero attached hydrogens (tertiary/aromatic N) is 2. The highest BCUT2D eigenvalue weighted by molar-refractivity contribution is 5.43. The minimum absolute atomic E-state index is 0.408. The predicted octanol–water partition coefficient (Wildman–Crippen LogP) is -0.155. The molecule has 1 heterocycles. The first-order valence-corrected chi connectivity index (χ1v) is 3.03. The average Bonchev–Trinajstić information content (AvgIpc) is 2.37. The molecule has 1 rings (SSSR count). The summed E-state index contributed by atoms with van der Waals surface area (Å²) in [6, 6.07) is 0. The summed E-state index contributed by atoms with van der Waals surface area (Å²) in [5, 5.41) is 11.0. The summed E-state index contributed by atoms with van der Waals surface area (Å²) < 4.78 is 0. The number of carbonyl (C=O) groups is 1. The molecule has 0 radical (unpaired) electrons. The Hall–Kier alpha value is -0.610. The van der Waals surface area contributed by atoms with Crippen LogP contribution in [0.3, 0.4) is 0 Å². The first-order valence-electron chi connectivity index (χ1n) is 3.03. The van der Waals surface area contributed by atoms with Crippen molar-refractivity contribution in [3.63, 3.8) is 0 Å². The summed E-state index contributed by atoms with van der Waals surface area (Å²) in [5.41, 5.74) is 0. The van der Waals surface area contributed by atoms with Crippen LogP contribution in [0.4, 0.5) is 0 Å². The van der Waals surface area contributed by atoms with E-state index in [9.17, 15) is 4.79 Å². The van der Waals surface area contributed by atoms with E-state index in [0.717, 1.165) is 25.9 Å². The summed E-state index contributed by atoms with van der Waals surface area (Å²) >= 11 is 0. The Morgan fingerprint density at radius 2 is 2.00 bits per heavy atom. The van der Waals surface area contributed by atoms with Gasteiger partial charge >= 0.3 is 0 Å². The van der Waals surface area contributed by atoms with Crippen molar-refractivity contribution >= 4 is 6.41 Å². The van der Waals surface area contributed by atoms with Crippen molar-refractivity contribution in [2.45, 2.75) is 12.8 Å². The smallest absolute Gasteiger partial charge is 0.249 e. The zero-order valence-corrected chi connectivity index (χ0v) is 5.16. The van der Waals surface area contributed by atoms with Gasteiger partial charge in [0.1, 0.15) is 0 Å². The van der Waals surface area contributed by atoms with Crippen molar-refractivity contribution in [3.8, 4) is 0 Å². The first-order chi connectivity index (χ1) is 4.34. The van der Waals surface area contributed by atoms with Gasteiger partial charge in [-0.3, -0.25) is 10.0 Å². The second kappa shape index (κ2) is 2.80. The van der Waals surface area contributed by atoms with Gasteiger partial charge in [-0.15, -0.1) is 0 Å². The molecule has 0 aliphatic carbocycles. The Kier molecular flexibility index (Phi) is 2.02. The quantitative estimate of drug-likeness (QED) is 0.321. The maximum atomic E-state index is 9.93. The van der Waals surface area contributed by atoms with Crippen LogP contribution in [0.25, 0.3) is 0 Å². The SMILES string of the molecule is O=CN(O)N1CCCC1. The fraction of sp³-hybridized carbons (Fsp3) is 0.800. The highest BCUT2D eigenvalue weighted by atomic mass is 16.6. The lowest BCUT2D eigenvalue weighted by molar-refractivity contribution is -0.218. The van der Waals surface area contributed by atoms with Crippen molar-refractivity contribution in [1.82, 2.24) is 10.2 Å². The van der Waals surface area contributed by atoms with Gasteiger partial charge in [-0.25, -0.2) is 0 Å². The third-order valence-electron chi connectivity index (χ3n) is 1.47. The molecule has 0 aromatic carbocycles. The summed E-state index contributed by atoms with van der Waals surface area (Å²) in [5.74, 6) is 0. The second-order valence-corrected chi connectivity index (χ2v) is 2.09. The lowest BCUT2D eigenvalue weighted by Crippen LogP contribution is -2.36. The normalized spacial score (nSPS) is 20.1. The van der Waals surface area contributed by atoms with E-state index < -0.39 is 0 Å². The van der Waals surface area contributed by atoms with Crippen molar-refractivity contribution in [1.29, 1.82) is 0 Å². The number of rotatable bonds is 2. The molecule has 0 aromatic rings. The highest BCUT2D eigenvalue weighted by Crippen LogP contribution is 2.06. The fourth-order valence-corrected chi connectivity index (χ4v) is 0.972. The first kappa shape index (κ1) is 6.51. The fourth-order valence-electron chi connectivity index (χ4n) is 0.972. The van der Waals surface area contributed by atoms with E-state index in [1.165, 1.54) is 0 Å². The summed E-state index contributed by atoms with van der Waals surface area (Å²) in [4.78, 5) is 9.93. The van der Waals surface area contributed by atoms with Crippen LogP contribution in [0.5, 0.6) is 0 Å². The molecule has 0 bridgehead atoms. The van der Waals surface area contributed by atoms with Crippen LogP contribution < -0.4 is 0 Å². The predicted molar refractivity (Wildman–Crippen MR) is 30.5 cm³/mol. The molecule has 1 aliphatic rings. The number of amides is 1. The van der Waals surface area contributed by atoms with E-state index in [1.54, 1.807) is 5.01 Å². The van der Waals surface area contributed by atoms with Gasteiger partial charge in [0, 0.05) is 13.1 Å². The second-order valence-electron chi connectivity index (χ2n) is 2.09. The van der Waals surface area contributed by atoms with Gasteiger partial charge in [-0.05, 0) is 12.8 Å². The van der Waals surface area contributed by atoms with Crippen LogP contribution in [0.15, 0.2) is 0 Å². The van der Waals surface area contributed by atoms with E-state index >= 15 is 0 Å². The van der Waals surface area contributed by atoms with E-state index in [0.29, 0.717) is 11.6 Å². The molecule has 0 spiro atoms. The van der Waals surface area contributed by atoms with Crippen LogP contribution in [-0.2, 0) is 4.79 Å². The Morgan fingerprint density at radius 3 is 2.44 bits per heavy atom. The van der Waals surface area contributed by atoms with Crippen molar-refractivity contribution in [2.24, 2.45) is 0 Å². The largest absolute Gasteiger partial charge is 0.275 e. The van der Waals surface area contributed by atoms with Crippen molar-refractivity contribution < 1.29 is 10.0 Å². The van der Waals surface area contributed by atoms with Crippen LogP contribution in [0.2, 0.25) is 0 Å². The molecular formula is C5H10N2O2. The lowest BCUT2D eigenvalue weighted by Gasteiger charge is -2.19. The van der Waals surface area contributed by atoms with Gasteiger partial charge in [-0.2, -0.15) is 10.2 Å². The topological polar surface area (TPSA) is 43.8 Å². The Morgan fingerprint density at radius 1 is 1.44 bits per heavy atom. The molecule has 52 valence electrons. The Bertz CT molecular complexity index is 101. The summed E-state index contributed by atoms with van der Waals surface area (Å²) in [6.07, 6.45) is 2.53. The van der Waals surface area contributed by atoms with Crippen molar-refractivity contribution in [2.75, 3.05) is 13.1 Å². The van der Waals surface area contributed by atoms with Gasteiger partial charge in [0.15, 0.2) is 0 Å². The molecule has 0 unspecified atom stereocenters. The van der Waals surface area contributed by atoms with Gasteiger partial charge in [0.25, 0.3) is 0 Å². The van der Waals surface area contributed by atoms with Crippen LogP contribution in [-0.4, -0.2) is 34.9 Å². The van der Waals surface area contributed by atoms with E-state index in [1.807, 2.05) is 0 Å². The van der Waals surface area contributed by atoms with E-state index in [-0.39, 0.29) is 0 Å². The Balaban J connectivity index is 2.32. The molecule has 1 saturated heterocycles. The maximum absolute atomic E-state index is 9.93. The monoisotopic (exact) mass is 130 g/mol. The molecular weight excluding hydrogens is 120 g/mol. The number of hydrazine groups is 1. The molecule has 1 N–H and O–H groups in total. The van der Waals surface area contributed by atoms with Crippen molar-refractivity contribution in [3.05, 3.63) is 0 Å². The minimum Gasteiger partial charge on any atom is -0.275 e. The van der Waals surface area contributed by atoms with Gasteiger partial charge < -0.3 is 0 Å². The van der Waals surface area contributed by atoms with Gasteiger partial charge in [-0.1, -0.05) is 0 Å². The number of hydroxylamine groups is 1. The third-order valence-corrected chi connectivity index (χ3v) is 1.47. The third kappa shape index (κ3) is 1.40. The summed E-state index contributed by atoms with van der Waals surface area (Å²) in [6.45, 7) is 1.57. The van der Waals surface area contributed by atoms with Crippen LogP contribution >= 0.6 is 0 Å². The summed E-state index contributed by atoms with van der Waals surface area (Å²) in [7, 11) is 0. The zero-order valence-electron chi connectivity index (χ0n) is 5.16. The Labute approximate surface area is 53.6 Å². The van der Waals surface area contributed by atoms with E-state index in [4.69, 9.17) is 5.21 Å². The molecule has 4 heteroatoms. The van der Waals surface area contributed by atoms with Crippen LogP contribution in [0, 0.1) is 0 Å². The van der Waals surface area contributed by atoms with Gasteiger partial charge in [0.05, 0.1) is 0 Å². The standard InChI is InChI=1S/C5H10N2O2/c8-5-7(9)6-3-1-2-4-6/h5,9H,1-4H2. The molecule has 1 aliphatic heterocycles. The average molecular weight is 130 g/mol. The number of hydrogen-bond donors (Lipinski definition) is 1. The van der Waals surface area contributed by atoms with Crippen LogP contribution in [0.1, 0.15) is 12.8 Å². The molecule has 1 fully saturated rings. The number of carbonyl (C=O) groups excluding carboxylic acids is 1. The molecule has 0 aromatic heterocycles. The molecule has 1 amide bonds. The van der Waals surface area contributed by atoms with E-state index in [2.05, 4.69) is 0 Å².